The third-order valence-electron chi connectivity index (χ3n) is 6.71. The summed E-state index contributed by atoms with van der Waals surface area (Å²) in [5.41, 5.74) is 3.29. The van der Waals surface area contributed by atoms with Crippen molar-refractivity contribution in [1.82, 2.24) is 4.98 Å². The van der Waals surface area contributed by atoms with Gasteiger partial charge in [0.05, 0.1) is 16.8 Å². The predicted molar refractivity (Wildman–Crippen MR) is 104 cm³/mol. The number of hydrogen-bond acceptors (Lipinski definition) is 2. The van der Waals surface area contributed by atoms with E-state index in [0.717, 1.165) is 42.7 Å². The molecule has 26 heavy (non-hydrogen) atoms. The van der Waals surface area contributed by atoms with Gasteiger partial charge in [-0.25, -0.2) is 4.99 Å². The lowest BCUT2D eigenvalue weighted by molar-refractivity contribution is 0.100. The summed E-state index contributed by atoms with van der Waals surface area (Å²) in [5, 5.41) is 10.7. The summed E-state index contributed by atoms with van der Waals surface area (Å²) in [5.74, 6) is 0.752. The van der Waals surface area contributed by atoms with Crippen molar-refractivity contribution >= 4 is 11.6 Å². The molecule has 4 heteroatoms. The first-order valence-corrected chi connectivity index (χ1v) is 10.8. The van der Waals surface area contributed by atoms with E-state index in [1.807, 2.05) is 0 Å². The van der Waals surface area contributed by atoms with Gasteiger partial charge >= 0.3 is 0 Å². The van der Waals surface area contributed by atoms with Crippen molar-refractivity contribution in [3.63, 3.8) is 0 Å². The molecule has 0 saturated heterocycles. The van der Waals surface area contributed by atoms with E-state index < -0.39 is 0 Å². The van der Waals surface area contributed by atoms with Crippen molar-refractivity contribution in [3.8, 4) is 5.88 Å². The first kappa shape index (κ1) is 17.8. The van der Waals surface area contributed by atoms with Gasteiger partial charge in [-0.2, -0.15) is 0 Å². The molecule has 0 unspecified atom stereocenters. The molecule has 3 aliphatic rings. The molecule has 2 N–H and O–H groups in total. The summed E-state index contributed by atoms with van der Waals surface area (Å²) in [6, 6.07) is 0. The number of aromatic nitrogens is 1. The molecule has 4 rings (SSSR count). The normalized spacial score (nSPS) is 23.7. The van der Waals surface area contributed by atoms with Crippen LogP contribution in [0.25, 0.3) is 0 Å². The number of amides is 1. The maximum absolute atomic E-state index is 12.8. The number of fused-ring (bicyclic) bond motifs is 1. The molecular formula is C22H32N2O2. The quantitative estimate of drug-likeness (QED) is 0.653. The molecule has 2 aliphatic carbocycles. The Morgan fingerprint density at radius 1 is 0.731 bits per heavy atom. The predicted octanol–water partition coefficient (Wildman–Crippen LogP) is 5.85. The monoisotopic (exact) mass is 356 g/mol. The number of carbonyl (C=O) groups excluding carboxylic acids is 1. The van der Waals surface area contributed by atoms with E-state index in [1.54, 1.807) is 0 Å². The highest BCUT2D eigenvalue weighted by Gasteiger charge is 2.37. The van der Waals surface area contributed by atoms with Crippen molar-refractivity contribution in [2.75, 3.05) is 0 Å². The lowest BCUT2D eigenvalue weighted by atomic mass is 9.88. The van der Waals surface area contributed by atoms with Crippen molar-refractivity contribution in [2.24, 2.45) is 10.9 Å². The van der Waals surface area contributed by atoms with Crippen LogP contribution in [0, 0.1) is 5.92 Å². The van der Waals surface area contributed by atoms with Crippen LogP contribution in [0.1, 0.15) is 117 Å². The van der Waals surface area contributed by atoms with E-state index in [9.17, 15) is 9.90 Å². The van der Waals surface area contributed by atoms with Gasteiger partial charge < -0.3 is 10.1 Å². The molecular weight excluding hydrogens is 324 g/mol. The standard InChI is InChI=1S/C22H32N2O2/c25-21-17-18(20(24-21)16-13-9-5-6-10-14-16)22(26)23-19(17)15-11-7-3-1-2-4-8-12-15/h15-16,23,26H,1-14H2. The van der Waals surface area contributed by atoms with Gasteiger partial charge in [0, 0.05) is 11.6 Å². The lowest BCUT2D eigenvalue weighted by Crippen LogP contribution is -2.13. The molecule has 2 saturated carbocycles. The molecule has 0 aromatic carbocycles. The van der Waals surface area contributed by atoms with E-state index in [2.05, 4.69) is 9.98 Å². The van der Waals surface area contributed by atoms with E-state index >= 15 is 0 Å². The minimum Gasteiger partial charge on any atom is -0.494 e. The Hall–Kier alpha value is -1.58. The Kier molecular flexibility index (Phi) is 5.46. The molecule has 2 heterocycles. The van der Waals surface area contributed by atoms with Crippen LogP contribution in [0.5, 0.6) is 5.88 Å². The number of nitrogens with zero attached hydrogens (tertiary/aromatic N) is 1. The molecule has 142 valence electrons. The first-order chi connectivity index (χ1) is 12.8. The number of hydrogen-bond donors (Lipinski definition) is 2. The smallest absolute Gasteiger partial charge is 0.279 e. The van der Waals surface area contributed by atoms with E-state index in [-0.39, 0.29) is 11.8 Å². The van der Waals surface area contributed by atoms with Gasteiger partial charge in [0.15, 0.2) is 5.88 Å². The summed E-state index contributed by atoms with van der Waals surface area (Å²) < 4.78 is 0. The van der Waals surface area contributed by atoms with Crippen molar-refractivity contribution in [1.29, 1.82) is 0 Å². The second-order valence-corrected chi connectivity index (χ2v) is 8.52. The third kappa shape index (κ3) is 3.47. The molecule has 1 aliphatic heterocycles. The van der Waals surface area contributed by atoms with Gasteiger partial charge in [-0.05, 0) is 31.6 Å². The van der Waals surface area contributed by atoms with Gasteiger partial charge in [-0.3, -0.25) is 4.79 Å². The highest BCUT2D eigenvalue weighted by atomic mass is 16.3. The topological polar surface area (TPSA) is 65.4 Å². The van der Waals surface area contributed by atoms with Crippen LogP contribution in [0.4, 0.5) is 0 Å². The molecule has 4 nitrogen and oxygen atoms in total. The van der Waals surface area contributed by atoms with Gasteiger partial charge in [0.25, 0.3) is 5.91 Å². The minimum absolute atomic E-state index is 0.120. The van der Waals surface area contributed by atoms with Gasteiger partial charge in [0.1, 0.15) is 0 Å². The van der Waals surface area contributed by atoms with Crippen LogP contribution in [0.3, 0.4) is 0 Å². The summed E-state index contributed by atoms with van der Waals surface area (Å²) in [7, 11) is 0. The van der Waals surface area contributed by atoms with Crippen LogP contribution in [-0.4, -0.2) is 21.7 Å². The van der Waals surface area contributed by atoms with Gasteiger partial charge in [-0.1, -0.05) is 64.2 Å². The summed E-state index contributed by atoms with van der Waals surface area (Å²) in [6.07, 6.45) is 17.0. The summed E-state index contributed by atoms with van der Waals surface area (Å²) in [6.45, 7) is 0. The van der Waals surface area contributed by atoms with Crippen molar-refractivity contribution < 1.29 is 9.90 Å². The first-order valence-electron chi connectivity index (χ1n) is 10.8. The van der Waals surface area contributed by atoms with Crippen LogP contribution in [0.15, 0.2) is 4.99 Å². The molecule has 2 fully saturated rings. The zero-order valence-corrected chi connectivity index (χ0v) is 15.9. The largest absolute Gasteiger partial charge is 0.494 e. The zero-order valence-electron chi connectivity index (χ0n) is 15.9. The fourth-order valence-electron chi connectivity index (χ4n) is 5.27. The Balaban J connectivity index is 1.63. The van der Waals surface area contributed by atoms with Crippen molar-refractivity contribution in [2.45, 2.75) is 95.8 Å². The Bertz CT molecular complexity index is 671. The molecule has 0 spiro atoms. The van der Waals surface area contributed by atoms with Crippen LogP contribution >= 0.6 is 0 Å². The zero-order chi connectivity index (χ0) is 17.9. The second kappa shape index (κ2) is 7.98. The number of aliphatic imine (C=N–C) groups is 1. The summed E-state index contributed by atoms with van der Waals surface area (Å²) >= 11 is 0. The lowest BCUT2D eigenvalue weighted by Gasteiger charge is -2.15. The Morgan fingerprint density at radius 3 is 1.81 bits per heavy atom. The van der Waals surface area contributed by atoms with Crippen LogP contribution < -0.4 is 0 Å². The minimum atomic E-state index is -0.120. The SMILES string of the molecule is O=C1N=C(C2CCCCCC2)c2c(O)[nH]c(C3CCCCCCCC3)c21. The number of rotatable bonds is 2. The van der Waals surface area contributed by atoms with Gasteiger partial charge in [-0.15, -0.1) is 0 Å². The maximum atomic E-state index is 12.8. The fourth-order valence-corrected chi connectivity index (χ4v) is 5.27. The number of H-pyrrole nitrogens is 1. The number of aromatic hydroxyl groups is 1. The van der Waals surface area contributed by atoms with E-state index in [4.69, 9.17) is 0 Å². The Morgan fingerprint density at radius 2 is 1.23 bits per heavy atom. The maximum Gasteiger partial charge on any atom is 0.279 e. The van der Waals surface area contributed by atoms with Crippen molar-refractivity contribution in [3.05, 3.63) is 16.8 Å². The van der Waals surface area contributed by atoms with Gasteiger partial charge in [0.2, 0.25) is 0 Å². The molecule has 0 radical (unpaired) electrons. The number of aromatic amines is 1. The third-order valence-corrected chi connectivity index (χ3v) is 6.71. The molecule has 1 amide bonds. The van der Waals surface area contributed by atoms with E-state index in [1.165, 1.54) is 64.2 Å². The fraction of sp³-hybridized carbons (Fsp3) is 0.727. The number of nitrogens with one attached hydrogen (secondary N) is 1. The number of carbonyl (C=O) groups is 1. The molecule has 0 atom stereocenters. The summed E-state index contributed by atoms with van der Waals surface area (Å²) in [4.78, 5) is 20.5. The molecule has 1 aromatic rings. The molecule has 0 bridgehead atoms. The molecule has 1 aromatic heterocycles. The average Bonchev–Trinajstić information content (AvgIpc) is 3.06. The highest BCUT2D eigenvalue weighted by molar-refractivity contribution is 6.24. The highest BCUT2D eigenvalue weighted by Crippen LogP contribution is 2.41. The average molecular weight is 357 g/mol. The van der Waals surface area contributed by atoms with Crippen LogP contribution in [0.2, 0.25) is 0 Å². The Labute approximate surface area is 156 Å². The van der Waals surface area contributed by atoms with Crippen LogP contribution in [-0.2, 0) is 0 Å². The second-order valence-electron chi connectivity index (χ2n) is 8.52. The van der Waals surface area contributed by atoms with E-state index in [0.29, 0.717) is 17.4 Å².